The maximum atomic E-state index is 12.4. The monoisotopic (exact) mass is 439 g/mol. The van der Waals surface area contributed by atoms with E-state index in [0.29, 0.717) is 12.0 Å². The van der Waals surface area contributed by atoms with Crippen molar-refractivity contribution >= 4 is 26.8 Å². The lowest BCUT2D eigenvalue weighted by Crippen LogP contribution is -2.23. The predicted molar refractivity (Wildman–Crippen MR) is 114 cm³/mol. The van der Waals surface area contributed by atoms with Crippen molar-refractivity contribution in [3.63, 3.8) is 0 Å². The Balaban J connectivity index is 1.38. The van der Waals surface area contributed by atoms with Gasteiger partial charge in [0.25, 0.3) is 5.91 Å². The van der Waals surface area contributed by atoms with Crippen LogP contribution in [0.5, 0.6) is 0 Å². The summed E-state index contributed by atoms with van der Waals surface area (Å²) in [6, 6.07) is 13.3. The molecule has 4 aromatic rings. The second-order valence-electron chi connectivity index (χ2n) is 7.11. The van der Waals surface area contributed by atoms with Crippen LogP contribution in [-0.2, 0) is 23.0 Å². The molecule has 2 heterocycles. The molecule has 0 saturated heterocycles. The van der Waals surface area contributed by atoms with E-state index in [1.54, 1.807) is 12.1 Å². The van der Waals surface area contributed by atoms with Gasteiger partial charge in [0.15, 0.2) is 5.69 Å². The zero-order chi connectivity index (χ0) is 22.0. The number of para-hydroxylation sites is 1. The summed E-state index contributed by atoms with van der Waals surface area (Å²) in [5.41, 5.74) is 9.13. The number of nitrogens with one attached hydrogen (secondary N) is 2. The number of aromatic amines is 1. The number of oxazole rings is 1. The van der Waals surface area contributed by atoms with Crippen molar-refractivity contribution in [2.75, 3.05) is 0 Å². The van der Waals surface area contributed by atoms with Crippen LogP contribution in [0.4, 0.5) is 0 Å². The number of sulfonamides is 1. The van der Waals surface area contributed by atoms with Gasteiger partial charge in [0.2, 0.25) is 15.9 Å². The maximum Gasteiger partial charge on any atom is 0.273 e. The Hall–Kier alpha value is -3.47. The summed E-state index contributed by atoms with van der Waals surface area (Å²) in [6.45, 7) is 0.188. The van der Waals surface area contributed by atoms with Crippen molar-refractivity contribution in [2.45, 2.75) is 23.9 Å². The molecule has 10 heteroatoms. The van der Waals surface area contributed by atoms with E-state index in [9.17, 15) is 13.2 Å². The summed E-state index contributed by atoms with van der Waals surface area (Å²) in [5.74, 6) is -0.155. The number of carbonyl (C=O) groups excluding carboxylic acids is 1. The minimum absolute atomic E-state index is 0.00732. The number of nitrogens with zero attached hydrogens (tertiary/aromatic N) is 1. The molecule has 0 radical (unpaired) electrons. The van der Waals surface area contributed by atoms with E-state index in [0.717, 1.165) is 16.5 Å². The number of H-pyrrole nitrogens is 1. The molecular weight excluding hydrogens is 418 g/mol. The zero-order valence-corrected chi connectivity index (χ0v) is 17.2. The van der Waals surface area contributed by atoms with Gasteiger partial charge in [0, 0.05) is 23.6 Å². The molecule has 0 aliphatic carbocycles. The largest absolute Gasteiger partial charge is 0.446 e. The van der Waals surface area contributed by atoms with Crippen LogP contribution in [0.2, 0.25) is 0 Å². The first-order chi connectivity index (χ1) is 14.8. The molecule has 0 fully saturated rings. The molecule has 2 aromatic carbocycles. The summed E-state index contributed by atoms with van der Waals surface area (Å²) in [7, 11) is -3.75. The van der Waals surface area contributed by atoms with Crippen LogP contribution in [0, 0.1) is 0 Å². The van der Waals surface area contributed by atoms with Crippen LogP contribution in [-0.4, -0.2) is 24.3 Å². The summed E-state index contributed by atoms with van der Waals surface area (Å²) in [4.78, 5) is 19.8. The molecule has 9 nitrogen and oxygen atoms in total. The second kappa shape index (κ2) is 8.34. The lowest BCUT2D eigenvalue weighted by molar-refractivity contribution is 0.0946. The molecule has 0 aliphatic rings. The Morgan fingerprint density at radius 1 is 1.16 bits per heavy atom. The fourth-order valence-corrected chi connectivity index (χ4v) is 3.77. The lowest BCUT2D eigenvalue weighted by Gasteiger charge is -2.06. The van der Waals surface area contributed by atoms with Crippen LogP contribution in [0.1, 0.15) is 33.5 Å². The number of nitrogens with two attached hydrogens (primary N) is 2. The third-order valence-electron chi connectivity index (χ3n) is 4.89. The number of primary sulfonamides is 1. The van der Waals surface area contributed by atoms with E-state index in [1.165, 1.54) is 18.4 Å². The molecule has 31 heavy (non-hydrogen) atoms. The second-order valence-corrected chi connectivity index (χ2v) is 8.67. The third-order valence-corrected chi connectivity index (χ3v) is 5.82. The highest BCUT2D eigenvalue weighted by Crippen LogP contribution is 2.23. The van der Waals surface area contributed by atoms with Gasteiger partial charge in [-0.2, -0.15) is 0 Å². The van der Waals surface area contributed by atoms with E-state index >= 15 is 0 Å². The standard InChI is InChI=1S/C21H21N5O4S/c22-17(9-14-11-24-18-4-2-1-3-16(14)18)21-26-19(12-30-21)20(27)25-10-13-5-7-15(8-6-13)31(23,28)29/h1-8,11-12,17,24H,9-10,22H2,(H,25,27)(H2,23,28,29). The number of benzene rings is 2. The Bertz CT molecular complexity index is 1330. The SMILES string of the molecule is NC(Cc1c[nH]c2ccccc12)c1nc(C(=O)NCc2ccc(S(N)(=O)=O)cc2)co1. The Morgan fingerprint density at radius 3 is 2.65 bits per heavy atom. The predicted octanol–water partition coefficient (Wildman–Crippen LogP) is 1.98. The quantitative estimate of drug-likeness (QED) is 0.345. The van der Waals surface area contributed by atoms with Crippen LogP contribution in [0.25, 0.3) is 10.9 Å². The zero-order valence-electron chi connectivity index (χ0n) is 16.4. The van der Waals surface area contributed by atoms with Gasteiger partial charge in [-0.25, -0.2) is 18.5 Å². The topological polar surface area (TPSA) is 157 Å². The highest BCUT2D eigenvalue weighted by atomic mass is 32.2. The van der Waals surface area contributed by atoms with Gasteiger partial charge in [0.1, 0.15) is 6.26 Å². The number of rotatable bonds is 7. The minimum Gasteiger partial charge on any atom is -0.446 e. The van der Waals surface area contributed by atoms with Crippen LogP contribution < -0.4 is 16.2 Å². The van der Waals surface area contributed by atoms with E-state index in [2.05, 4.69) is 15.3 Å². The molecule has 0 spiro atoms. The number of hydrogen-bond donors (Lipinski definition) is 4. The first-order valence-electron chi connectivity index (χ1n) is 9.47. The highest BCUT2D eigenvalue weighted by Gasteiger charge is 2.19. The molecule has 160 valence electrons. The number of carbonyl (C=O) groups is 1. The maximum absolute atomic E-state index is 12.4. The fraction of sp³-hybridized carbons (Fsp3) is 0.143. The summed E-state index contributed by atoms with van der Waals surface area (Å²) in [6.07, 6.45) is 3.67. The van der Waals surface area contributed by atoms with E-state index in [4.69, 9.17) is 15.3 Å². The Morgan fingerprint density at radius 2 is 1.90 bits per heavy atom. The molecular formula is C21H21N5O4S. The molecule has 1 atom stereocenters. The van der Waals surface area contributed by atoms with Gasteiger partial charge in [0.05, 0.1) is 10.9 Å². The van der Waals surface area contributed by atoms with Gasteiger partial charge in [-0.05, 0) is 35.7 Å². The van der Waals surface area contributed by atoms with Crippen molar-refractivity contribution in [1.29, 1.82) is 0 Å². The molecule has 0 bridgehead atoms. The van der Waals surface area contributed by atoms with E-state index < -0.39 is 22.0 Å². The molecule has 0 aliphatic heterocycles. The highest BCUT2D eigenvalue weighted by molar-refractivity contribution is 7.89. The smallest absolute Gasteiger partial charge is 0.273 e. The van der Waals surface area contributed by atoms with Gasteiger partial charge in [-0.3, -0.25) is 4.79 Å². The van der Waals surface area contributed by atoms with Gasteiger partial charge >= 0.3 is 0 Å². The molecule has 1 amide bonds. The normalized spacial score (nSPS) is 12.7. The molecule has 2 aromatic heterocycles. The van der Waals surface area contributed by atoms with Crippen molar-refractivity contribution in [3.05, 3.63) is 83.7 Å². The van der Waals surface area contributed by atoms with Crippen LogP contribution in [0.15, 0.2) is 70.3 Å². The molecule has 0 saturated carbocycles. The van der Waals surface area contributed by atoms with Gasteiger partial charge < -0.3 is 20.5 Å². The first kappa shape index (κ1) is 20.8. The van der Waals surface area contributed by atoms with Crippen LogP contribution in [0.3, 0.4) is 0 Å². The van der Waals surface area contributed by atoms with Crippen molar-refractivity contribution in [3.8, 4) is 0 Å². The minimum atomic E-state index is -3.75. The third kappa shape index (κ3) is 4.66. The molecule has 6 N–H and O–H groups in total. The van der Waals surface area contributed by atoms with Crippen LogP contribution >= 0.6 is 0 Å². The Labute approximate surface area is 178 Å². The lowest BCUT2D eigenvalue weighted by atomic mass is 10.1. The van der Waals surface area contributed by atoms with E-state index in [1.807, 2.05) is 30.5 Å². The summed E-state index contributed by atoms with van der Waals surface area (Å²) in [5, 5.41) is 8.86. The number of amides is 1. The average Bonchev–Trinajstić information content (AvgIpc) is 3.40. The summed E-state index contributed by atoms with van der Waals surface area (Å²) >= 11 is 0. The summed E-state index contributed by atoms with van der Waals surface area (Å²) < 4.78 is 28.0. The molecule has 4 rings (SSSR count). The number of fused-ring (bicyclic) bond motifs is 1. The van der Waals surface area contributed by atoms with Gasteiger partial charge in [-0.15, -0.1) is 0 Å². The first-order valence-corrected chi connectivity index (χ1v) is 11.0. The van der Waals surface area contributed by atoms with Crippen molar-refractivity contribution < 1.29 is 17.6 Å². The average molecular weight is 439 g/mol. The van der Waals surface area contributed by atoms with Crippen molar-refractivity contribution in [1.82, 2.24) is 15.3 Å². The van der Waals surface area contributed by atoms with Gasteiger partial charge in [-0.1, -0.05) is 30.3 Å². The fourth-order valence-electron chi connectivity index (χ4n) is 3.26. The van der Waals surface area contributed by atoms with Crippen molar-refractivity contribution in [2.24, 2.45) is 10.9 Å². The number of hydrogen-bond acceptors (Lipinski definition) is 6. The Kier molecular flexibility index (Phi) is 5.59. The number of aromatic nitrogens is 2. The van der Waals surface area contributed by atoms with E-state index in [-0.39, 0.29) is 23.0 Å². The molecule has 1 unspecified atom stereocenters.